The Morgan fingerprint density at radius 3 is 2.91 bits per heavy atom. The fraction of sp³-hybridized carbons (Fsp3) is 0. The first-order valence-electron chi connectivity index (χ1n) is 2.91. The number of hydrogen-bond donors (Lipinski definition) is 2. The molecule has 0 radical (unpaired) electrons. The molecule has 3 N–H and O–H groups in total. The van der Waals surface area contributed by atoms with Crippen LogP contribution in [0.1, 0.15) is 0 Å². The number of nitrogens with two attached hydrogens (primary N) is 1. The second-order valence-corrected chi connectivity index (χ2v) is 2.00. The minimum absolute atomic E-state index is 0. The molecule has 2 aromatic heterocycles. The summed E-state index contributed by atoms with van der Waals surface area (Å²) in [5.74, 6) is 0. The molecule has 0 amide bonds. The lowest BCUT2D eigenvalue weighted by Crippen LogP contribution is -1.86. The molecular weight excluding hydrogens is 164 g/mol. The Balaban J connectivity index is 0.000000605. The van der Waals surface area contributed by atoms with Crippen molar-refractivity contribution in [3.8, 4) is 0 Å². The fourth-order valence-electron chi connectivity index (χ4n) is 0.869. The molecule has 0 fully saturated rings. The van der Waals surface area contributed by atoms with Gasteiger partial charge >= 0.3 is 0 Å². The van der Waals surface area contributed by atoms with Gasteiger partial charge in [-0.25, -0.2) is 9.97 Å². The minimum atomic E-state index is 0. The number of pyridine rings is 1. The molecule has 0 aliphatic heterocycles. The van der Waals surface area contributed by atoms with Gasteiger partial charge in [0.1, 0.15) is 5.52 Å². The second-order valence-electron chi connectivity index (χ2n) is 2.00. The molecule has 0 saturated carbocycles. The van der Waals surface area contributed by atoms with E-state index in [0.717, 1.165) is 5.52 Å². The van der Waals surface area contributed by atoms with Crippen LogP contribution in [0, 0.1) is 0 Å². The maximum absolute atomic E-state index is 5.59. The van der Waals surface area contributed by atoms with E-state index in [1.54, 1.807) is 18.6 Å². The van der Waals surface area contributed by atoms with Gasteiger partial charge in [-0.05, 0) is 6.07 Å². The number of anilines is 1. The number of H-pyrrole nitrogens is 1. The Kier molecular flexibility index (Phi) is 1.96. The first kappa shape index (κ1) is 7.81. The quantitative estimate of drug-likeness (QED) is 0.619. The normalized spacial score (nSPS) is 9.45. The Morgan fingerprint density at radius 1 is 1.36 bits per heavy atom. The average molecular weight is 171 g/mol. The number of hydrogen-bond acceptors (Lipinski definition) is 3. The van der Waals surface area contributed by atoms with E-state index in [1.165, 1.54) is 0 Å². The van der Waals surface area contributed by atoms with Crippen LogP contribution in [0.5, 0.6) is 0 Å². The third-order valence-electron chi connectivity index (χ3n) is 1.36. The van der Waals surface area contributed by atoms with E-state index in [2.05, 4.69) is 15.0 Å². The molecule has 0 aliphatic carbocycles. The Labute approximate surface area is 69.3 Å². The molecule has 0 aromatic carbocycles. The minimum Gasteiger partial charge on any atom is -0.397 e. The molecule has 58 valence electrons. The standard InChI is InChI=1S/C6H6N4.ClH/c7-4-1-2-8-6-5(4)9-3-10-6;/h1-3H,(H3,7,8,9,10);1H. The highest BCUT2D eigenvalue weighted by Gasteiger charge is 1.97. The number of halogens is 1. The van der Waals surface area contributed by atoms with E-state index >= 15 is 0 Å². The van der Waals surface area contributed by atoms with E-state index in [-0.39, 0.29) is 12.4 Å². The van der Waals surface area contributed by atoms with Crippen molar-refractivity contribution in [2.24, 2.45) is 0 Å². The third-order valence-corrected chi connectivity index (χ3v) is 1.36. The van der Waals surface area contributed by atoms with Gasteiger partial charge in [0.05, 0.1) is 12.0 Å². The molecule has 2 aromatic rings. The summed E-state index contributed by atoms with van der Waals surface area (Å²) in [6.45, 7) is 0. The van der Waals surface area contributed by atoms with Crippen LogP contribution in [-0.2, 0) is 0 Å². The molecule has 5 heteroatoms. The zero-order chi connectivity index (χ0) is 6.97. The van der Waals surface area contributed by atoms with Crippen LogP contribution in [0.4, 0.5) is 5.69 Å². The van der Waals surface area contributed by atoms with Crippen molar-refractivity contribution in [3.63, 3.8) is 0 Å². The van der Waals surface area contributed by atoms with E-state index < -0.39 is 0 Å². The van der Waals surface area contributed by atoms with Gasteiger partial charge in [0, 0.05) is 6.20 Å². The lowest BCUT2D eigenvalue weighted by molar-refractivity contribution is 1.30. The van der Waals surface area contributed by atoms with E-state index in [0.29, 0.717) is 11.3 Å². The van der Waals surface area contributed by atoms with Crippen LogP contribution in [0.25, 0.3) is 11.2 Å². The van der Waals surface area contributed by atoms with Gasteiger partial charge in [-0.2, -0.15) is 0 Å². The topological polar surface area (TPSA) is 67.6 Å². The number of rotatable bonds is 0. The summed E-state index contributed by atoms with van der Waals surface area (Å²) < 4.78 is 0. The molecular formula is C6H7ClN4. The second kappa shape index (κ2) is 2.75. The van der Waals surface area contributed by atoms with Crippen LogP contribution in [-0.4, -0.2) is 15.0 Å². The van der Waals surface area contributed by atoms with E-state index in [9.17, 15) is 0 Å². The van der Waals surface area contributed by atoms with E-state index in [1.807, 2.05) is 0 Å². The number of nitrogens with zero attached hydrogens (tertiary/aromatic N) is 2. The van der Waals surface area contributed by atoms with Crippen LogP contribution in [0.3, 0.4) is 0 Å². The maximum atomic E-state index is 5.59. The molecule has 2 rings (SSSR count). The van der Waals surface area contributed by atoms with Crippen molar-refractivity contribution in [1.29, 1.82) is 0 Å². The molecule has 0 spiro atoms. The van der Waals surface area contributed by atoms with Crippen molar-refractivity contribution < 1.29 is 0 Å². The fourth-order valence-corrected chi connectivity index (χ4v) is 0.869. The van der Waals surface area contributed by atoms with Gasteiger partial charge < -0.3 is 10.7 Å². The number of aromatic nitrogens is 3. The summed E-state index contributed by atoms with van der Waals surface area (Å²) in [4.78, 5) is 10.8. The smallest absolute Gasteiger partial charge is 0.179 e. The molecule has 4 nitrogen and oxygen atoms in total. The van der Waals surface area contributed by atoms with Crippen molar-refractivity contribution >= 4 is 29.3 Å². The predicted molar refractivity (Wildman–Crippen MR) is 45.5 cm³/mol. The highest BCUT2D eigenvalue weighted by molar-refractivity contribution is 5.85. The van der Waals surface area contributed by atoms with Gasteiger partial charge in [-0.15, -0.1) is 12.4 Å². The Morgan fingerprint density at radius 2 is 2.18 bits per heavy atom. The first-order chi connectivity index (χ1) is 4.88. The summed E-state index contributed by atoms with van der Waals surface area (Å²) >= 11 is 0. The van der Waals surface area contributed by atoms with E-state index in [4.69, 9.17) is 5.73 Å². The zero-order valence-corrected chi connectivity index (χ0v) is 6.43. The molecule has 0 saturated heterocycles. The van der Waals surface area contributed by atoms with Gasteiger partial charge in [0.15, 0.2) is 5.65 Å². The van der Waals surface area contributed by atoms with Gasteiger partial charge in [0.25, 0.3) is 0 Å². The Hall–Kier alpha value is -1.29. The first-order valence-corrected chi connectivity index (χ1v) is 2.91. The summed E-state index contributed by atoms with van der Waals surface area (Å²) in [7, 11) is 0. The summed E-state index contributed by atoms with van der Waals surface area (Å²) in [6.07, 6.45) is 3.21. The maximum Gasteiger partial charge on any atom is 0.179 e. The highest BCUT2D eigenvalue weighted by atomic mass is 35.5. The van der Waals surface area contributed by atoms with Gasteiger partial charge in [-0.3, -0.25) is 0 Å². The highest BCUT2D eigenvalue weighted by Crippen LogP contribution is 2.12. The number of aromatic amines is 1. The molecule has 0 atom stereocenters. The number of imidazole rings is 1. The molecule has 0 bridgehead atoms. The number of nitrogen functional groups attached to an aromatic ring is 1. The number of nitrogens with one attached hydrogen (secondary N) is 1. The van der Waals surface area contributed by atoms with Crippen molar-refractivity contribution in [3.05, 3.63) is 18.6 Å². The van der Waals surface area contributed by atoms with Gasteiger partial charge in [0.2, 0.25) is 0 Å². The lowest BCUT2D eigenvalue weighted by Gasteiger charge is -1.90. The summed E-state index contributed by atoms with van der Waals surface area (Å²) in [6, 6.07) is 1.74. The summed E-state index contributed by atoms with van der Waals surface area (Å²) in [5, 5.41) is 0. The molecule has 11 heavy (non-hydrogen) atoms. The SMILES string of the molecule is Cl.Nc1ccnc2nc[nH]c12. The molecule has 0 aliphatic rings. The summed E-state index contributed by atoms with van der Waals surface area (Å²) in [5.41, 5.74) is 7.75. The van der Waals surface area contributed by atoms with Crippen LogP contribution < -0.4 is 5.73 Å². The Bertz CT molecular complexity index is 356. The van der Waals surface area contributed by atoms with Crippen molar-refractivity contribution in [2.75, 3.05) is 5.73 Å². The van der Waals surface area contributed by atoms with Crippen molar-refractivity contribution in [1.82, 2.24) is 15.0 Å². The average Bonchev–Trinajstić information content (AvgIpc) is 2.36. The van der Waals surface area contributed by atoms with Crippen LogP contribution >= 0.6 is 12.4 Å². The van der Waals surface area contributed by atoms with Gasteiger partial charge in [-0.1, -0.05) is 0 Å². The lowest BCUT2D eigenvalue weighted by atomic mass is 10.4. The molecule has 2 heterocycles. The zero-order valence-electron chi connectivity index (χ0n) is 5.61. The monoisotopic (exact) mass is 170 g/mol. The third kappa shape index (κ3) is 1.12. The molecule has 0 unspecified atom stereocenters. The van der Waals surface area contributed by atoms with Crippen molar-refractivity contribution in [2.45, 2.75) is 0 Å². The predicted octanol–water partition coefficient (Wildman–Crippen LogP) is 0.962. The van der Waals surface area contributed by atoms with Crippen LogP contribution in [0.2, 0.25) is 0 Å². The largest absolute Gasteiger partial charge is 0.397 e. The number of fused-ring (bicyclic) bond motifs is 1. The van der Waals surface area contributed by atoms with Crippen LogP contribution in [0.15, 0.2) is 18.6 Å².